The van der Waals surface area contributed by atoms with Crippen LogP contribution in [0.25, 0.3) is 11.3 Å². The number of aryl methyl sites for hydroxylation is 1. The van der Waals surface area contributed by atoms with Gasteiger partial charge in [0.15, 0.2) is 5.13 Å². The summed E-state index contributed by atoms with van der Waals surface area (Å²) in [6.07, 6.45) is 1.30. The minimum Gasteiger partial charge on any atom is -0.302 e. The summed E-state index contributed by atoms with van der Waals surface area (Å²) < 4.78 is 12.9. The van der Waals surface area contributed by atoms with Crippen LogP contribution >= 0.6 is 11.3 Å². The van der Waals surface area contributed by atoms with Crippen molar-refractivity contribution in [2.75, 3.05) is 5.32 Å². The van der Waals surface area contributed by atoms with Crippen molar-refractivity contribution in [3.8, 4) is 11.3 Å². The number of rotatable bonds is 4. The largest absolute Gasteiger partial charge is 0.302 e. The fourth-order valence-corrected chi connectivity index (χ4v) is 2.59. The maximum Gasteiger partial charge on any atom is 0.226 e. The van der Waals surface area contributed by atoms with Gasteiger partial charge in [0.25, 0.3) is 0 Å². The molecular weight excluding hydrogens is 263 g/mol. The molecule has 0 atom stereocenters. The normalized spacial score (nSPS) is 10.5. The van der Waals surface area contributed by atoms with Gasteiger partial charge in [0, 0.05) is 16.9 Å². The van der Waals surface area contributed by atoms with Crippen LogP contribution in [-0.2, 0) is 4.79 Å². The van der Waals surface area contributed by atoms with Crippen molar-refractivity contribution in [2.45, 2.75) is 26.7 Å². The molecule has 1 N–H and O–H groups in total. The number of aromatic nitrogens is 1. The number of anilines is 1. The van der Waals surface area contributed by atoms with Gasteiger partial charge in [-0.15, -0.1) is 11.3 Å². The molecule has 2 aromatic rings. The van der Waals surface area contributed by atoms with Crippen molar-refractivity contribution in [3.63, 3.8) is 0 Å². The van der Waals surface area contributed by atoms with Crippen LogP contribution in [-0.4, -0.2) is 10.9 Å². The van der Waals surface area contributed by atoms with Crippen LogP contribution < -0.4 is 5.32 Å². The first-order valence-corrected chi connectivity index (χ1v) is 6.95. The monoisotopic (exact) mass is 278 g/mol. The number of benzene rings is 1. The fourth-order valence-electron chi connectivity index (χ4n) is 1.73. The maximum absolute atomic E-state index is 12.9. The summed E-state index contributed by atoms with van der Waals surface area (Å²) in [6, 6.07) is 6.19. The van der Waals surface area contributed by atoms with Crippen LogP contribution in [0.4, 0.5) is 9.52 Å². The van der Waals surface area contributed by atoms with Crippen molar-refractivity contribution in [3.05, 3.63) is 35.0 Å². The molecule has 2 rings (SSSR count). The van der Waals surface area contributed by atoms with Gasteiger partial charge in [0.1, 0.15) is 5.82 Å². The molecule has 1 aromatic heterocycles. The Labute approximate surface area is 115 Å². The molecule has 0 saturated heterocycles. The minimum atomic E-state index is -0.270. The van der Waals surface area contributed by atoms with Crippen LogP contribution in [0.2, 0.25) is 0 Å². The van der Waals surface area contributed by atoms with Crippen LogP contribution in [0, 0.1) is 12.7 Å². The molecule has 0 unspecified atom stereocenters. The first kappa shape index (κ1) is 13.7. The standard InChI is InChI=1S/C14H15FN2OS/c1-3-4-12(18)16-14-17-13(9(2)19-14)10-5-7-11(15)8-6-10/h5-8H,3-4H2,1-2H3,(H,16,17,18). The summed E-state index contributed by atoms with van der Waals surface area (Å²) in [7, 11) is 0. The lowest BCUT2D eigenvalue weighted by Gasteiger charge is -1.99. The smallest absolute Gasteiger partial charge is 0.226 e. The quantitative estimate of drug-likeness (QED) is 0.918. The van der Waals surface area contributed by atoms with Crippen LogP contribution in [0.15, 0.2) is 24.3 Å². The number of nitrogens with one attached hydrogen (secondary N) is 1. The van der Waals surface area contributed by atoms with Gasteiger partial charge in [0.2, 0.25) is 5.91 Å². The third kappa shape index (κ3) is 3.38. The van der Waals surface area contributed by atoms with E-state index in [0.717, 1.165) is 22.6 Å². The number of amides is 1. The maximum atomic E-state index is 12.9. The Bertz CT molecular complexity index is 578. The summed E-state index contributed by atoms with van der Waals surface area (Å²) in [5.41, 5.74) is 1.64. The summed E-state index contributed by atoms with van der Waals surface area (Å²) in [6.45, 7) is 3.89. The van der Waals surface area contributed by atoms with Gasteiger partial charge >= 0.3 is 0 Å². The van der Waals surface area contributed by atoms with Crippen molar-refractivity contribution in [1.29, 1.82) is 0 Å². The predicted octanol–water partition coefficient (Wildman–Crippen LogP) is 4.00. The Hall–Kier alpha value is -1.75. The third-order valence-corrected chi connectivity index (χ3v) is 3.52. The van der Waals surface area contributed by atoms with Gasteiger partial charge in [-0.25, -0.2) is 9.37 Å². The van der Waals surface area contributed by atoms with E-state index in [0.29, 0.717) is 11.6 Å². The number of carbonyl (C=O) groups is 1. The van der Waals surface area contributed by atoms with Crippen LogP contribution in [0.3, 0.4) is 0 Å². The van der Waals surface area contributed by atoms with Crippen LogP contribution in [0.1, 0.15) is 24.6 Å². The third-order valence-electron chi connectivity index (χ3n) is 2.64. The van der Waals surface area contributed by atoms with E-state index in [1.54, 1.807) is 12.1 Å². The predicted molar refractivity (Wildman–Crippen MR) is 75.8 cm³/mol. The number of nitrogens with zero attached hydrogens (tertiary/aromatic N) is 1. The minimum absolute atomic E-state index is 0.0260. The molecule has 0 aliphatic heterocycles. The molecule has 0 spiro atoms. The number of carbonyl (C=O) groups excluding carboxylic acids is 1. The summed E-state index contributed by atoms with van der Waals surface area (Å²) in [4.78, 5) is 16.9. The molecule has 0 aliphatic rings. The van der Waals surface area contributed by atoms with E-state index in [2.05, 4.69) is 10.3 Å². The second-order valence-corrected chi connectivity index (χ2v) is 5.43. The molecule has 0 aliphatic carbocycles. The van der Waals surface area contributed by atoms with Gasteiger partial charge in [-0.2, -0.15) is 0 Å². The molecule has 1 amide bonds. The van der Waals surface area contributed by atoms with E-state index in [1.165, 1.54) is 23.5 Å². The topological polar surface area (TPSA) is 42.0 Å². The van der Waals surface area contributed by atoms with Crippen molar-refractivity contribution >= 4 is 22.4 Å². The highest BCUT2D eigenvalue weighted by Gasteiger charge is 2.11. The van der Waals surface area contributed by atoms with E-state index in [-0.39, 0.29) is 11.7 Å². The van der Waals surface area contributed by atoms with Gasteiger partial charge < -0.3 is 5.32 Å². The number of halogens is 1. The van der Waals surface area contributed by atoms with Crippen molar-refractivity contribution in [2.24, 2.45) is 0 Å². The molecule has 3 nitrogen and oxygen atoms in total. The summed E-state index contributed by atoms with van der Waals surface area (Å²) >= 11 is 1.43. The first-order chi connectivity index (χ1) is 9.10. The van der Waals surface area contributed by atoms with Gasteiger partial charge in [-0.05, 0) is 37.6 Å². The van der Waals surface area contributed by atoms with Crippen molar-refractivity contribution < 1.29 is 9.18 Å². The first-order valence-electron chi connectivity index (χ1n) is 6.13. The van der Waals surface area contributed by atoms with E-state index in [4.69, 9.17) is 0 Å². The Balaban J connectivity index is 2.21. The van der Waals surface area contributed by atoms with E-state index < -0.39 is 0 Å². The Morgan fingerprint density at radius 3 is 2.68 bits per heavy atom. The average molecular weight is 278 g/mol. The second-order valence-electron chi connectivity index (χ2n) is 4.23. The molecule has 0 radical (unpaired) electrons. The Morgan fingerprint density at radius 2 is 2.05 bits per heavy atom. The van der Waals surface area contributed by atoms with Crippen molar-refractivity contribution in [1.82, 2.24) is 4.98 Å². The number of hydrogen-bond acceptors (Lipinski definition) is 3. The van der Waals surface area contributed by atoms with Gasteiger partial charge in [0.05, 0.1) is 5.69 Å². The highest BCUT2D eigenvalue weighted by molar-refractivity contribution is 7.16. The molecule has 5 heteroatoms. The summed E-state index contributed by atoms with van der Waals surface area (Å²) in [5, 5.41) is 3.37. The zero-order chi connectivity index (χ0) is 13.8. The van der Waals surface area contributed by atoms with E-state index in [1.807, 2.05) is 13.8 Å². The molecule has 1 heterocycles. The lowest BCUT2D eigenvalue weighted by molar-refractivity contribution is -0.116. The molecular formula is C14H15FN2OS. The highest BCUT2D eigenvalue weighted by Crippen LogP contribution is 2.30. The molecule has 0 fully saturated rings. The number of hydrogen-bond donors (Lipinski definition) is 1. The molecule has 100 valence electrons. The van der Waals surface area contributed by atoms with Crippen LogP contribution in [0.5, 0.6) is 0 Å². The summed E-state index contributed by atoms with van der Waals surface area (Å²) in [5.74, 6) is -0.296. The molecule has 0 bridgehead atoms. The lowest BCUT2D eigenvalue weighted by Crippen LogP contribution is -2.10. The fraction of sp³-hybridized carbons (Fsp3) is 0.286. The van der Waals surface area contributed by atoms with Gasteiger partial charge in [-0.1, -0.05) is 6.92 Å². The molecule has 0 saturated carbocycles. The van der Waals surface area contributed by atoms with E-state index in [9.17, 15) is 9.18 Å². The average Bonchev–Trinajstić information content (AvgIpc) is 2.71. The SMILES string of the molecule is CCCC(=O)Nc1nc(-c2ccc(F)cc2)c(C)s1. The Morgan fingerprint density at radius 1 is 1.37 bits per heavy atom. The highest BCUT2D eigenvalue weighted by atomic mass is 32.1. The second kappa shape index (κ2) is 5.93. The van der Waals surface area contributed by atoms with E-state index >= 15 is 0 Å². The number of thiazole rings is 1. The van der Waals surface area contributed by atoms with Gasteiger partial charge in [-0.3, -0.25) is 4.79 Å². The molecule has 19 heavy (non-hydrogen) atoms. The molecule has 1 aromatic carbocycles. The zero-order valence-electron chi connectivity index (χ0n) is 10.9. The lowest BCUT2D eigenvalue weighted by atomic mass is 10.1. The zero-order valence-corrected chi connectivity index (χ0v) is 11.7. The Kier molecular flexibility index (Phi) is 4.27.